The van der Waals surface area contributed by atoms with Crippen molar-refractivity contribution < 1.29 is 9.18 Å². The number of fused-ring (bicyclic) bond motifs is 1. The fourth-order valence-electron chi connectivity index (χ4n) is 3.91. The Morgan fingerprint density at radius 2 is 1.93 bits per heavy atom. The van der Waals surface area contributed by atoms with Crippen LogP contribution in [-0.2, 0) is 4.75 Å². The summed E-state index contributed by atoms with van der Waals surface area (Å²) in [6.07, 6.45) is 3.44. The first-order valence-corrected chi connectivity index (χ1v) is 11.1. The highest BCUT2D eigenvalue weighted by Crippen LogP contribution is 2.52. The van der Waals surface area contributed by atoms with E-state index in [0.717, 1.165) is 22.8 Å². The number of carbonyl (C=O) groups is 1. The molecule has 0 spiro atoms. The Morgan fingerprint density at radius 3 is 2.67 bits per heavy atom. The number of rotatable bonds is 3. The predicted molar refractivity (Wildman–Crippen MR) is 117 cm³/mol. The monoisotopic (exact) mass is 439 g/mol. The third-order valence-electron chi connectivity index (χ3n) is 5.34. The molecule has 3 aromatic rings. The van der Waals surface area contributed by atoms with E-state index in [0.29, 0.717) is 29.8 Å². The molecule has 5 rings (SSSR count). The first-order chi connectivity index (χ1) is 14.6. The molecule has 0 aliphatic carbocycles. The predicted octanol–water partition coefficient (Wildman–Crippen LogP) is 3.54. The lowest BCUT2D eigenvalue weighted by molar-refractivity contribution is 0.0977. The van der Waals surface area contributed by atoms with E-state index in [1.54, 1.807) is 30.6 Å². The number of thioether (sulfide) groups is 1. The molecule has 0 saturated carbocycles. The number of nitrogens with zero attached hydrogens (tertiary/aromatic N) is 4. The third-order valence-corrected chi connectivity index (χ3v) is 7.99. The van der Waals surface area contributed by atoms with Gasteiger partial charge in [-0.3, -0.25) is 9.79 Å². The van der Waals surface area contributed by atoms with Gasteiger partial charge in [0.2, 0.25) is 5.95 Å². The van der Waals surface area contributed by atoms with Gasteiger partial charge < -0.3 is 10.2 Å². The molecule has 2 aromatic heterocycles. The van der Waals surface area contributed by atoms with Crippen molar-refractivity contribution in [3.8, 4) is 0 Å². The van der Waals surface area contributed by atoms with Crippen molar-refractivity contribution >= 4 is 40.1 Å². The molecule has 2 atom stereocenters. The van der Waals surface area contributed by atoms with Crippen molar-refractivity contribution in [1.29, 1.82) is 0 Å². The van der Waals surface area contributed by atoms with E-state index in [1.165, 1.54) is 17.8 Å². The second-order valence-electron chi connectivity index (χ2n) is 7.19. The Bertz CT molecular complexity index is 1090. The lowest BCUT2D eigenvalue weighted by atomic mass is 9.93. The molecular weight excluding hydrogens is 421 g/mol. The van der Waals surface area contributed by atoms with Gasteiger partial charge in [-0.2, -0.15) is 4.39 Å². The van der Waals surface area contributed by atoms with Gasteiger partial charge in [0, 0.05) is 48.4 Å². The zero-order chi connectivity index (χ0) is 20.6. The zero-order valence-electron chi connectivity index (χ0n) is 15.9. The number of carbonyl (C=O) groups excluding carboxylic acids is 1. The summed E-state index contributed by atoms with van der Waals surface area (Å²) in [4.78, 5) is 29.1. The SMILES string of the molecule is O=C(NC1=NCC2CN(c3ncccn3)CC2(c2ccc(F)s2)S1)c1ccccc1. The van der Waals surface area contributed by atoms with Gasteiger partial charge >= 0.3 is 0 Å². The Hall–Kier alpha value is -2.78. The van der Waals surface area contributed by atoms with Gasteiger partial charge in [-0.25, -0.2) is 9.97 Å². The van der Waals surface area contributed by atoms with E-state index in [9.17, 15) is 9.18 Å². The van der Waals surface area contributed by atoms with Gasteiger partial charge in [0.1, 0.15) is 0 Å². The van der Waals surface area contributed by atoms with Crippen LogP contribution in [0.5, 0.6) is 0 Å². The summed E-state index contributed by atoms with van der Waals surface area (Å²) in [5.41, 5.74) is 0.574. The number of benzene rings is 1. The van der Waals surface area contributed by atoms with Crippen LogP contribution in [0.2, 0.25) is 0 Å². The molecule has 1 fully saturated rings. The average molecular weight is 440 g/mol. The molecule has 152 valence electrons. The number of amidine groups is 1. The van der Waals surface area contributed by atoms with E-state index in [1.807, 2.05) is 24.3 Å². The number of amides is 1. The minimum Gasteiger partial charge on any atom is -0.339 e. The number of hydrogen-bond donors (Lipinski definition) is 1. The van der Waals surface area contributed by atoms with Crippen molar-refractivity contribution in [2.45, 2.75) is 4.75 Å². The summed E-state index contributed by atoms with van der Waals surface area (Å²) in [5, 5.41) is 3.28. The van der Waals surface area contributed by atoms with Crippen LogP contribution in [-0.4, -0.2) is 40.7 Å². The average Bonchev–Trinajstić information content (AvgIpc) is 3.39. The Kier molecular flexibility index (Phi) is 5.00. The third kappa shape index (κ3) is 3.48. The first-order valence-electron chi connectivity index (χ1n) is 9.52. The molecule has 2 unspecified atom stereocenters. The zero-order valence-corrected chi connectivity index (χ0v) is 17.5. The van der Waals surface area contributed by atoms with E-state index in [4.69, 9.17) is 0 Å². The van der Waals surface area contributed by atoms with Crippen molar-refractivity contribution in [1.82, 2.24) is 15.3 Å². The number of aliphatic imine (C=N–C) groups is 1. The lowest BCUT2D eigenvalue weighted by Crippen LogP contribution is -2.42. The fourth-order valence-corrected chi connectivity index (χ4v) is 6.38. The van der Waals surface area contributed by atoms with Gasteiger partial charge in [0.05, 0.1) is 4.75 Å². The van der Waals surface area contributed by atoms with E-state index in [-0.39, 0.29) is 17.0 Å². The molecule has 1 saturated heterocycles. The summed E-state index contributed by atoms with van der Waals surface area (Å²) in [6.45, 7) is 1.88. The number of nitrogens with one attached hydrogen (secondary N) is 1. The second kappa shape index (κ2) is 7.81. The highest BCUT2D eigenvalue weighted by molar-refractivity contribution is 8.14. The van der Waals surface area contributed by atoms with E-state index < -0.39 is 4.75 Å². The number of halogens is 1. The maximum Gasteiger partial charge on any atom is 0.257 e. The molecule has 2 aliphatic heterocycles. The molecule has 0 bridgehead atoms. The molecular formula is C21H18FN5OS2. The van der Waals surface area contributed by atoms with Crippen LogP contribution in [0, 0.1) is 11.0 Å². The van der Waals surface area contributed by atoms with Gasteiger partial charge in [0.15, 0.2) is 10.3 Å². The smallest absolute Gasteiger partial charge is 0.257 e. The van der Waals surface area contributed by atoms with Crippen molar-refractivity contribution in [2.24, 2.45) is 10.9 Å². The molecule has 30 heavy (non-hydrogen) atoms. The number of thiophene rings is 1. The summed E-state index contributed by atoms with van der Waals surface area (Å²) in [7, 11) is 0. The fraction of sp³-hybridized carbons (Fsp3) is 0.238. The quantitative estimate of drug-likeness (QED) is 0.676. The molecule has 1 N–H and O–H groups in total. The normalized spacial score (nSPS) is 23.0. The van der Waals surface area contributed by atoms with Crippen molar-refractivity contribution in [3.63, 3.8) is 0 Å². The molecule has 1 amide bonds. The molecule has 0 radical (unpaired) electrons. The highest BCUT2D eigenvalue weighted by atomic mass is 32.2. The van der Waals surface area contributed by atoms with Crippen LogP contribution in [0.4, 0.5) is 10.3 Å². The summed E-state index contributed by atoms with van der Waals surface area (Å²) in [6, 6.07) is 14.2. The minimum atomic E-state index is -0.421. The van der Waals surface area contributed by atoms with Crippen LogP contribution < -0.4 is 10.2 Å². The van der Waals surface area contributed by atoms with E-state index >= 15 is 0 Å². The van der Waals surface area contributed by atoms with Crippen LogP contribution in [0.3, 0.4) is 0 Å². The topological polar surface area (TPSA) is 70.5 Å². The molecule has 2 aliphatic rings. The number of hydrogen-bond acceptors (Lipinski definition) is 7. The summed E-state index contributed by atoms with van der Waals surface area (Å²) in [5.74, 6) is 0.606. The second-order valence-corrected chi connectivity index (χ2v) is 9.54. The maximum absolute atomic E-state index is 14.0. The Balaban J connectivity index is 1.44. The van der Waals surface area contributed by atoms with Crippen LogP contribution in [0.1, 0.15) is 15.2 Å². The lowest BCUT2D eigenvalue weighted by Gasteiger charge is -2.35. The Labute approximate surface area is 181 Å². The molecule has 1 aromatic carbocycles. The van der Waals surface area contributed by atoms with Crippen molar-refractivity contribution in [3.05, 3.63) is 76.5 Å². The van der Waals surface area contributed by atoms with Crippen LogP contribution in [0.25, 0.3) is 0 Å². The highest BCUT2D eigenvalue weighted by Gasteiger charge is 2.53. The van der Waals surface area contributed by atoms with E-state index in [2.05, 4.69) is 25.2 Å². The standard InChI is InChI=1S/C21H18FN5OS2/c22-17-8-7-16(29-17)21-13-27(19-23-9-4-10-24-19)12-15(21)11-25-20(30-21)26-18(28)14-5-2-1-3-6-14/h1-10,15H,11-13H2,(H,25,26,28). The van der Waals surface area contributed by atoms with Gasteiger partial charge in [0.25, 0.3) is 5.91 Å². The van der Waals surface area contributed by atoms with Gasteiger partial charge in [-0.05, 0) is 30.3 Å². The number of anilines is 1. The Morgan fingerprint density at radius 1 is 1.13 bits per heavy atom. The van der Waals surface area contributed by atoms with Crippen LogP contribution >= 0.6 is 23.1 Å². The molecule has 6 nitrogen and oxygen atoms in total. The molecule has 4 heterocycles. The van der Waals surface area contributed by atoms with Crippen molar-refractivity contribution in [2.75, 3.05) is 24.5 Å². The molecule has 9 heteroatoms. The summed E-state index contributed by atoms with van der Waals surface area (Å²) < 4.78 is 13.5. The maximum atomic E-state index is 14.0. The summed E-state index contributed by atoms with van der Waals surface area (Å²) >= 11 is 2.66. The van der Waals surface area contributed by atoms with Gasteiger partial charge in [-0.15, -0.1) is 11.3 Å². The number of aromatic nitrogens is 2. The minimum absolute atomic E-state index is 0.154. The first kappa shape index (κ1) is 19.2. The largest absolute Gasteiger partial charge is 0.339 e. The van der Waals surface area contributed by atoms with Crippen LogP contribution in [0.15, 0.2) is 65.9 Å². The van der Waals surface area contributed by atoms with Gasteiger partial charge in [-0.1, -0.05) is 30.0 Å².